The number of anilines is 1. The van der Waals surface area contributed by atoms with Crippen LogP contribution in [0.5, 0.6) is 0 Å². The largest absolute Gasteiger partial charge is 0.457 e. The summed E-state index contributed by atoms with van der Waals surface area (Å²) in [5.74, 6) is 0.838. The molecule has 8 nitrogen and oxygen atoms in total. The second-order valence-electron chi connectivity index (χ2n) is 8.13. The number of amides is 1. The van der Waals surface area contributed by atoms with Crippen LogP contribution in [-0.4, -0.2) is 47.1 Å². The lowest BCUT2D eigenvalue weighted by Gasteiger charge is -2.36. The fourth-order valence-electron chi connectivity index (χ4n) is 3.91. The van der Waals surface area contributed by atoms with Crippen molar-refractivity contribution in [1.82, 2.24) is 4.90 Å². The molecule has 1 amide bonds. The van der Waals surface area contributed by atoms with Gasteiger partial charge in [-0.05, 0) is 55.1 Å². The number of nitro benzene ring substituents is 1. The zero-order valence-electron chi connectivity index (χ0n) is 18.5. The van der Waals surface area contributed by atoms with Crippen molar-refractivity contribution in [2.75, 3.05) is 31.1 Å². The van der Waals surface area contributed by atoms with Gasteiger partial charge in [-0.2, -0.15) is 4.99 Å². The first-order chi connectivity index (χ1) is 16.5. The molecule has 0 bridgehead atoms. The normalized spacial score (nSPS) is 17.4. The molecule has 0 unspecified atom stereocenters. The number of carbonyl (C=O) groups is 1. The Labute approximate surface area is 200 Å². The number of hydrogen-bond donors (Lipinski definition) is 0. The van der Waals surface area contributed by atoms with Crippen LogP contribution in [0.25, 0.3) is 17.4 Å². The zero-order chi connectivity index (χ0) is 23.7. The first-order valence-corrected chi connectivity index (χ1v) is 11.7. The molecule has 0 spiro atoms. The zero-order valence-corrected chi connectivity index (χ0v) is 19.3. The van der Waals surface area contributed by atoms with Gasteiger partial charge in [0.15, 0.2) is 5.17 Å². The number of thioether (sulfide) groups is 1. The van der Waals surface area contributed by atoms with E-state index in [4.69, 9.17) is 4.42 Å². The molecule has 34 heavy (non-hydrogen) atoms. The summed E-state index contributed by atoms with van der Waals surface area (Å²) in [5.41, 5.74) is 3.21. The predicted molar refractivity (Wildman–Crippen MR) is 134 cm³/mol. The summed E-state index contributed by atoms with van der Waals surface area (Å²) in [6.07, 6.45) is 1.70. The smallest absolute Gasteiger partial charge is 0.286 e. The molecule has 0 saturated carbocycles. The highest BCUT2D eigenvalue weighted by Crippen LogP contribution is 2.32. The summed E-state index contributed by atoms with van der Waals surface area (Å²) in [5, 5.41) is 11.6. The Kier molecular flexibility index (Phi) is 5.93. The van der Waals surface area contributed by atoms with Crippen molar-refractivity contribution in [2.45, 2.75) is 6.92 Å². The molecule has 2 aromatic carbocycles. The molecule has 172 valence electrons. The van der Waals surface area contributed by atoms with Crippen molar-refractivity contribution in [3.05, 3.63) is 87.0 Å². The van der Waals surface area contributed by atoms with Crippen LogP contribution < -0.4 is 4.90 Å². The number of aliphatic imine (C=N–C) groups is 1. The fourth-order valence-corrected chi connectivity index (χ4v) is 4.85. The Bertz CT molecular complexity index is 1290. The molecule has 5 rings (SSSR count). The van der Waals surface area contributed by atoms with E-state index in [-0.39, 0.29) is 11.6 Å². The average Bonchev–Trinajstić information content (AvgIpc) is 3.47. The highest BCUT2D eigenvalue weighted by atomic mass is 32.2. The molecule has 0 aliphatic carbocycles. The van der Waals surface area contributed by atoms with Gasteiger partial charge < -0.3 is 14.2 Å². The minimum atomic E-state index is -0.440. The van der Waals surface area contributed by atoms with E-state index >= 15 is 0 Å². The third kappa shape index (κ3) is 4.60. The Hall–Kier alpha value is -3.85. The maximum absolute atomic E-state index is 12.5. The van der Waals surface area contributed by atoms with Crippen LogP contribution in [0.1, 0.15) is 11.3 Å². The molecule has 3 heterocycles. The van der Waals surface area contributed by atoms with Crippen molar-refractivity contribution >= 4 is 40.3 Å². The van der Waals surface area contributed by atoms with Gasteiger partial charge in [-0.3, -0.25) is 14.9 Å². The summed E-state index contributed by atoms with van der Waals surface area (Å²) in [4.78, 5) is 32.2. The predicted octanol–water partition coefficient (Wildman–Crippen LogP) is 4.96. The lowest BCUT2D eigenvalue weighted by molar-refractivity contribution is -0.384. The third-order valence-electron chi connectivity index (χ3n) is 5.82. The lowest BCUT2D eigenvalue weighted by Crippen LogP contribution is -2.47. The Balaban J connectivity index is 1.22. The van der Waals surface area contributed by atoms with Crippen LogP contribution in [0.15, 0.2) is 75.0 Å². The minimum Gasteiger partial charge on any atom is -0.457 e. The Morgan fingerprint density at radius 2 is 1.65 bits per heavy atom. The summed E-state index contributed by atoms with van der Waals surface area (Å²) >= 11 is 1.36. The summed E-state index contributed by atoms with van der Waals surface area (Å²) < 4.78 is 5.85. The highest BCUT2D eigenvalue weighted by molar-refractivity contribution is 8.18. The maximum atomic E-state index is 12.5. The highest BCUT2D eigenvalue weighted by Gasteiger charge is 2.29. The fraction of sp³-hybridized carbons (Fsp3) is 0.200. The second-order valence-corrected chi connectivity index (χ2v) is 9.13. The van der Waals surface area contributed by atoms with Gasteiger partial charge in [0, 0.05) is 55.6 Å². The van der Waals surface area contributed by atoms with Crippen molar-refractivity contribution in [3.8, 4) is 11.3 Å². The molecule has 2 aliphatic heterocycles. The van der Waals surface area contributed by atoms with E-state index < -0.39 is 4.92 Å². The molecule has 3 aromatic rings. The van der Waals surface area contributed by atoms with Crippen molar-refractivity contribution in [3.63, 3.8) is 0 Å². The summed E-state index contributed by atoms with van der Waals surface area (Å²) in [7, 11) is 0. The van der Waals surface area contributed by atoms with Gasteiger partial charge >= 0.3 is 0 Å². The number of piperazine rings is 1. The van der Waals surface area contributed by atoms with E-state index in [1.165, 1.54) is 35.1 Å². The van der Waals surface area contributed by atoms with Crippen LogP contribution in [-0.2, 0) is 4.79 Å². The van der Waals surface area contributed by atoms with Gasteiger partial charge in [0.1, 0.15) is 11.5 Å². The van der Waals surface area contributed by atoms with Gasteiger partial charge in [0.2, 0.25) is 0 Å². The van der Waals surface area contributed by atoms with E-state index in [2.05, 4.69) is 46.0 Å². The number of rotatable bonds is 4. The number of hydrogen-bond acceptors (Lipinski definition) is 7. The Morgan fingerprint density at radius 1 is 0.971 bits per heavy atom. The van der Waals surface area contributed by atoms with E-state index in [0.29, 0.717) is 16.4 Å². The van der Waals surface area contributed by atoms with Crippen LogP contribution in [0.2, 0.25) is 0 Å². The van der Waals surface area contributed by atoms with Gasteiger partial charge in [-0.15, -0.1) is 0 Å². The van der Waals surface area contributed by atoms with Crippen LogP contribution in [0.3, 0.4) is 0 Å². The topological polar surface area (TPSA) is 92.2 Å². The lowest BCUT2D eigenvalue weighted by atomic mass is 10.1. The number of amidine groups is 1. The van der Waals surface area contributed by atoms with Crippen molar-refractivity contribution in [2.24, 2.45) is 4.99 Å². The van der Waals surface area contributed by atoms with Crippen molar-refractivity contribution < 1.29 is 14.1 Å². The number of nitrogens with zero attached hydrogens (tertiary/aromatic N) is 4. The molecule has 0 radical (unpaired) electrons. The van der Waals surface area contributed by atoms with Crippen molar-refractivity contribution in [1.29, 1.82) is 0 Å². The molecular weight excluding hydrogens is 452 g/mol. The SMILES string of the molecule is Cc1ccc(N2CCN(C3=NC(=O)/C(=C/c4ccc(-c5ccc([N+](=O)[O-])cc5)o4)S3)CC2)cc1. The number of furan rings is 1. The molecule has 2 aliphatic rings. The molecule has 0 atom stereocenters. The summed E-state index contributed by atoms with van der Waals surface area (Å²) in [6.45, 7) is 5.41. The van der Waals surface area contributed by atoms with E-state index in [9.17, 15) is 14.9 Å². The standard InChI is InChI=1S/C25H22N4O4S/c1-17-2-6-19(7-3-17)27-12-14-28(15-13-27)25-26-24(30)23(34-25)16-21-10-11-22(33-21)18-4-8-20(9-5-18)29(31)32/h2-11,16H,12-15H2,1H3/b23-16-. The first kappa shape index (κ1) is 22.0. The third-order valence-corrected chi connectivity index (χ3v) is 6.87. The van der Waals surface area contributed by atoms with E-state index in [1.807, 2.05) is 0 Å². The van der Waals surface area contributed by atoms with Gasteiger partial charge in [0.25, 0.3) is 11.6 Å². The molecule has 0 N–H and O–H groups in total. The number of nitro groups is 1. The first-order valence-electron chi connectivity index (χ1n) is 10.9. The van der Waals surface area contributed by atoms with Gasteiger partial charge in [-0.1, -0.05) is 17.7 Å². The average molecular weight is 475 g/mol. The van der Waals surface area contributed by atoms with Crippen LogP contribution in [0.4, 0.5) is 11.4 Å². The number of carbonyl (C=O) groups excluding carboxylic acids is 1. The maximum Gasteiger partial charge on any atom is 0.286 e. The quantitative estimate of drug-likeness (QED) is 0.300. The Morgan fingerprint density at radius 3 is 2.32 bits per heavy atom. The summed E-state index contributed by atoms with van der Waals surface area (Å²) in [6, 6.07) is 18.2. The van der Waals surface area contributed by atoms with E-state index in [1.54, 1.807) is 30.3 Å². The van der Waals surface area contributed by atoms with E-state index in [0.717, 1.165) is 36.9 Å². The molecule has 1 saturated heterocycles. The molecule has 9 heteroatoms. The van der Waals surface area contributed by atoms with Crippen LogP contribution in [0, 0.1) is 17.0 Å². The minimum absolute atomic E-state index is 0.0231. The van der Waals surface area contributed by atoms with Gasteiger partial charge in [0.05, 0.1) is 9.83 Å². The van der Waals surface area contributed by atoms with Gasteiger partial charge in [-0.25, -0.2) is 0 Å². The molecular formula is C25H22N4O4S. The number of benzene rings is 2. The van der Waals surface area contributed by atoms with Crippen LogP contribution >= 0.6 is 11.8 Å². The monoisotopic (exact) mass is 474 g/mol. The molecule has 1 aromatic heterocycles. The number of aryl methyl sites for hydroxylation is 1. The second kappa shape index (κ2) is 9.18. The molecule has 1 fully saturated rings. The number of non-ortho nitro benzene ring substituents is 1.